The topological polar surface area (TPSA) is 88.3 Å². The third kappa shape index (κ3) is 6.69. The number of aromatic nitrogens is 1. The maximum atomic E-state index is 12.1. The molecule has 0 fully saturated rings. The van der Waals surface area contributed by atoms with Crippen LogP contribution < -0.4 is 10.5 Å². The average molecular weight is 310 g/mol. The largest absolute Gasteiger partial charge is 0.320 e. The van der Waals surface area contributed by atoms with Crippen molar-refractivity contribution in [2.45, 2.75) is 17.7 Å². The molecule has 0 spiro atoms. The minimum Gasteiger partial charge on any atom is -0.320 e. The van der Waals surface area contributed by atoms with Gasteiger partial charge in [0.15, 0.2) is 0 Å². The van der Waals surface area contributed by atoms with Crippen molar-refractivity contribution in [2.75, 3.05) is 33.7 Å². The molecular formula is C14H22N4O2S. The summed E-state index contributed by atoms with van der Waals surface area (Å²) in [5.41, 5.74) is 5.83. The molecule has 1 rings (SSSR count). The quantitative estimate of drug-likeness (QED) is 0.547. The van der Waals surface area contributed by atoms with E-state index in [1.54, 1.807) is 0 Å². The van der Waals surface area contributed by atoms with Gasteiger partial charge in [0.05, 0.1) is 6.54 Å². The Kier molecular flexibility index (Phi) is 7.32. The van der Waals surface area contributed by atoms with Gasteiger partial charge in [-0.2, -0.15) is 0 Å². The Morgan fingerprint density at radius 3 is 2.76 bits per heavy atom. The lowest BCUT2D eigenvalue weighted by Gasteiger charge is -2.10. The maximum Gasteiger partial charge on any atom is 0.242 e. The molecule has 0 aliphatic rings. The van der Waals surface area contributed by atoms with Crippen LogP contribution in [0, 0.1) is 11.8 Å². The fraction of sp³-hybridized carbons (Fsp3) is 0.500. The van der Waals surface area contributed by atoms with E-state index in [1.165, 1.54) is 18.5 Å². The predicted octanol–water partition coefficient (Wildman–Crippen LogP) is 0.0119. The summed E-state index contributed by atoms with van der Waals surface area (Å²) in [6, 6.07) is 1.50. The highest BCUT2D eigenvalue weighted by Crippen LogP contribution is 2.09. The van der Waals surface area contributed by atoms with E-state index >= 15 is 0 Å². The fourth-order valence-corrected chi connectivity index (χ4v) is 2.69. The van der Waals surface area contributed by atoms with Crippen LogP contribution in [0.3, 0.4) is 0 Å². The summed E-state index contributed by atoms with van der Waals surface area (Å²) in [5, 5.41) is 0. The zero-order chi connectivity index (χ0) is 15.7. The first kappa shape index (κ1) is 17.6. The standard InChI is InChI=1S/C14H22N4O2S/c1-18(2)9-4-3-8-17-21(19,20)14-10-13(6-5-7-15)11-16-12-14/h10-12,17H,3-4,7-9,15H2,1-2H3. The van der Waals surface area contributed by atoms with E-state index in [0.717, 1.165) is 19.4 Å². The van der Waals surface area contributed by atoms with Crippen LogP contribution >= 0.6 is 0 Å². The van der Waals surface area contributed by atoms with Crippen molar-refractivity contribution in [3.63, 3.8) is 0 Å². The van der Waals surface area contributed by atoms with Crippen LogP contribution in [0.25, 0.3) is 0 Å². The summed E-state index contributed by atoms with van der Waals surface area (Å²) in [4.78, 5) is 6.09. The van der Waals surface area contributed by atoms with Crippen LogP contribution in [0.15, 0.2) is 23.4 Å². The van der Waals surface area contributed by atoms with Gasteiger partial charge in [0, 0.05) is 24.5 Å². The number of sulfonamides is 1. The molecule has 7 heteroatoms. The van der Waals surface area contributed by atoms with Gasteiger partial charge in [0.2, 0.25) is 10.0 Å². The molecule has 1 aromatic heterocycles. The summed E-state index contributed by atoms with van der Waals surface area (Å²) in [6.07, 6.45) is 4.56. The first-order chi connectivity index (χ1) is 9.95. The Balaban J connectivity index is 2.61. The van der Waals surface area contributed by atoms with Crippen LogP contribution in [0.1, 0.15) is 18.4 Å². The van der Waals surface area contributed by atoms with Crippen LogP contribution in [-0.4, -0.2) is 52.0 Å². The summed E-state index contributed by atoms with van der Waals surface area (Å²) >= 11 is 0. The van der Waals surface area contributed by atoms with Gasteiger partial charge in [-0.1, -0.05) is 11.8 Å². The van der Waals surface area contributed by atoms with E-state index in [0.29, 0.717) is 12.1 Å². The second-order valence-electron chi connectivity index (χ2n) is 4.82. The van der Waals surface area contributed by atoms with E-state index in [9.17, 15) is 8.42 Å². The summed E-state index contributed by atoms with van der Waals surface area (Å²) in [7, 11) is 0.446. The molecule has 6 nitrogen and oxygen atoms in total. The van der Waals surface area contributed by atoms with Crippen molar-refractivity contribution >= 4 is 10.0 Å². The molecule has 0 saturated heterocycles. The first-order valence-electron chi connectivity index (χ1n) is 6.74. The second kappa shape index (κ2) is 8.74. The Labute approximate surface area is 126 Å². The zero-order valence-corrected chi connectivity index (χ0v) is 13.3. The van der Waals surface area contributed by atoms with Gasteiger partial charge in [-0.15, -0.1) is 0 Å². The number of hydrogen-bond acceptors (Lipinski definition) is 5. The van der Waals surface area contributed by atoms with Gasteiger partial charge in [0.25, 0.3) is 0 Å². The molecule has 0 aromatic carbocycles. The fourth-order valence-electron chi connectivity index (χ4n) is 1.63. The third-order valence-corrected chi connectivity index (χ3v) is 4.11. The molecule has 3 N–H and O–H groups in total. The highest BCUT2D eigenvalue weighted by atomic mass is 32.2. The van der Waals surface area contributed by atoms with E-state index in [-0.39, 0.29) is 11.4 Å². The predicted molar refractivity (Wildman–Crippen MR) is 83.1 cm³/mol. The van der Waals surface area contributed by atoms with Crippen LogP contribution in [0.2, 0.25) is 0 Å². The highest BCUT2D eigenvalue weighted by molar-refractivity contribution is 7.89. The lowest BCUT2D eigenvalue weighted by Crippen LogP contribution is -2.25. The lowest BCUT2D eigenvalue weighted by atomic mass is 10.3. The lowest BCUT2D eigenvalue weighted by molar-refractivity contribution is 0.394. The molecule has 0 aliphatic carbocycles. The smallest absolute Gasteiger partial charge is 0.242 e. The molecule has 0 aliphatic heterocycles. The molecule has 0 amide bonds. The molecule has 1 heterocycles. The molecule has 0 saturated carbocycles. The minimum absolute atomic E-state index is 0.124. The summed E-state index contributed by atoms with van der Waals surface area (Å²) in [5.74, 6) is 5.44. The van der Waals surface area contributed by atoms with Crippen molar-refractivity contribution in [1.82, 2.24) is 14.6 Å². The number of nitrogens with one attached hydrogen (secondary N) is 1. The van der Waals surface area contributed by atoms with Crippen LogP contribution in [0.4, 0.5) is 0 Å². The van der Waals surface area contributed by atoms with E-state index < -0.39 is 10.0 Å². The molecule has 116 valence electrons. The van der Waals surface area contributed by atoms with Crippen molar-refractivity contribution in [3.8, 4) is 11.8 Å². The van der Waals surface area contributed by atoms with E-state index in [2.05, 4.69) is 26.4 Å². The normalized spacial score (nSPS) is 11.2. The van der Waals surface area contributed by atoms with Crippen LogP contribution in [-0.2, 0) is 10.0 Å². The van der Waals surface area contributed by atoms with Gasteiger partial charge in [0.1, 0.15) is 4.90 Å². The Hall–Kier alpha value is -1.46. The van der Waals surface area contributed by atoms with Gasteiger partial charge >= 0.3 is 0 Å². The molecule has 0 bridgehead atoms. The number of nitrogens with two attached hydrogens (primary N) is 1. The Morgan fingerprint density at radius 1 is 1.33 bits per heavy atom. The number of unbranched alkanes of at least 4 members (excludes halogenated alkanes) is 1. The number of nitrogens with zero attached hydrogens (tertiary/aromatic N) is 2. The zero-order valence-electron chi connectivity index (χ0n) is 12.5. The van der Waals surface area contributed by atoms with Crippen LogP contribution in [0.5, 0.6) is 0 Å². The van der Waals surface area contributed by atoms with Gasteiger partial charge < -0.3 is 10.6 Å². The number of hydrogen-bond donors (Lipinski definition) is 2. The van der Waals surface area contributed by atoms with Crippen molar-refractivity contribution < 1.29 is 8.42 Å². The van der Waals surface area contributed by atoms with Gasteiger partial charge in [-0.05, 0) is 39.5 Å². The van der Waals surface area contributed by atoms with Crippen molar-refractivity contribution in [1.29, 1.82) is 0 Å². The summed E-state index contributed by atoms with van der Waals surface area (Å²) in [6.45, 7) is 1.57. The Bertz CT molecular complexity index is 603. The molecule has 1 aromatic rings. The first-order valence-corrected chi connectivity index (χ1v) is 8.22. The Morgan fingerprint density at radius 2 is 2.10 bits per heavy atom. The molecule has 0 radical (unpaired) electrons. The summed E-state index contributed by atoms with van der Waals surface area (Å²) < 4.78 is 26.8. The SMILES string of the molecule is CN(C)CCCCNS(=O)(=O)c1cncc(C#CCN)c1. The molecule has 0 unspecified atom stereocenters. The molecule has 21 heavy (non-hydrogen) atoms. The van der Waals surface area contributed by atoms with Crippen molar-refractivity contribution in [3.05, 3.63) is 24.0 Å². The van der Waals surface area contributed by atoms with Gasteiger partial charge in [-0.25, -0.2) is 13.1 Å². The average Bonchev–Trinajstić information content (AvgIpc) is 2.44. The van der Waals surface area contributed by atoms with E-state index in [1.807, 2.05) is 14.1 Å². The number of rotatable bonds is 7. The van der Waals surface area contributed by atoms with Crippen molar-refractivity contribution in [2.24, 2.45) is 5.73 Å². The monoisotopic (exact) mass is 310 g/mol. The third-order valence-electron chi connectivity index (χ3n) is 2.68. The molecular weight excluding hydrogens is 288 g/mol. The highest BCUT2D eigenvalue weighted by Gasteiger charge is 2.13. The maximum absolute atomic E-state index is 12.1. The minimum atomic E-state index is -3.53. The van der Waals surface area contributed by atoms with E-state index in [4.69, 9.17) is 5.73 Å². The van der Waals surface area contributed by atoms with Gasteiger partial charge in [-0.3, -0.25) is 4.98 Å². The number of pyridine rings is 1. The molecule has 0 atom stereocenters. The second-order valence-corrected chi connectivity index (χ2v) is 6.59.